The molecule has 0 spiro atoms. The number of hydrogen-bond donors (Lipinski definition) is 2. The highest BCUT2D eigenvalue weighted by Gasteiger charge is 2.38. The van der Waals surface area contributed by atoms with Crippen molar-refractivity contribution in [1.29, 1.82) is 0 Å². The summed E-state index contributed by atoms with van der Waals surface area (Å²) >= 11 is 0. The van der Waals surface area contributed by atoms with Crippen LogP contribution in [0.4, 0.5) is 0 Å². The zero-order chi connectivity index (χ0) is 24.1. The molecule has 1 amide bonds. The Balaban J connectivity index is 1.42. The first-order valence-electron chi connectivity index (χ1n) is 12.1. The Bertz CT molecular complexity index is 1120. The fraction of sp³-hybridized carbons (Fsp3) is 0.520. The number of para-hydroxylation sites is 1. The van der Waals surface area contributed by atoms with E-state index in [4.69, 9.17) is 4.74 Å². The van der Waals surface area contributed by atoms with E-state index in [0.29, 0.717) is 25.4 Å². The average Bonchev–Trinajstić information content (AvgIpc) is 3.60. The third kappa shape index (κ3) is 5.14. The van der Waals surface area contributed by atoms with Gasteiger partial charge in [-0.1, -0.05) is 50.1 Å². The number of H-pyrrole nitrogens is 1. The van der Waals surface area contributed by atoms with Gasteiger partial charge in [0.1, 0.15) is 0 Å². The molecule has 1 aromatic carbocycles. The maximum Gasteiger partial charge on any atom is 0.360 e. The summed E-state index contributed by atoms with van der Waals surface area (Å²) in [5.41, 5.74) is 2.49. The zero-order valence-corrected chi connectivity index (χ0v) is 20.2. The van der Waals surface area contributed by atoms with Gasteiger partial charge >= 0.3 is 5.97 Å². The normalized spacial score (nSPS) is 18.6. The number of aromatic nitrogens is 4. The minimum Gasteiger partial charge on any atom is -0.464 e. The molecule has 1 aliphatic rings. The molecule has 182 valence electrons. The summed E-state index contributed by atoms with van der Waals surface area (Å²) in [6.45, 7) is 6.52. The van der Waals surface area contributed by atoms with E-state index in [1.54, 1.807) is 10.9 Å². The van der Waals surface area contributed by atoms with Crippen LogP contribution in [0, 0.1) is 5.92 Å². The van der Waals surface area contributed by atoms with Gasteiger partial charge < -0.3 is 15.0 Å². The first kappa shape index (κ1) is 23.9. The first-order valence-corrected chi connectivity index (χ1v) is 12.1. The highest BCUT2D eigenvalue weighted by Crippen LogP contribution is 2.29. The van der Waals surface area contributed by atoms with Crippen LogP contribution >= 0.6 is 0 Å². The van der Waals surface area contributed by atoms with Gasteiger partial charge in [-0.3, -0.25) is 9.69 Å². The Kier molecular flexibility index (Phi) is 7.62. The lowest BCUT2D eigenvalue weighted by Crippen LogP contribution is -2.45. The van der Waals surface area contributed by atoms with Gasteiger partial charge in [0.2, 0.25) is 5.91 Å². The van der Waals surface area contributed by atoms with Crippen LogP contribution in [0.5, 0.6) is 0 Å². The van der Waals surface area contributed by atoms with Crippen LogP contribution in [0.2, 0.25) is 0 Å². The number of methoxy groups -OCH3 is 1. The van der Waals surface area contributed by atoms with Crippen LogP contribution in [0.1, 0.15) is 55.2 Å². The van der Waals surface area contributed by atoms with Crippen LogP contribution in [-0.2, 0) is 16.0 Å². The minimum absolute atomic E-state index is 0.0235. The quantitative estimate of drug-likeness (QED) is 0.445. The zero-order valence-electron chi connectivity index (χ0n) is 20.2. The molecule has 1 saturated heterocycles. The Labute approximate surface area is 199 Å². The van der Waals surface area contributed by atoms with E-state index in [1.165, 1.54) is 18.1 Å². The van der Waals surface area contributed by atoms with Crippen LogP contribution in [0.3, 0.4) is 0 Å². The summed E-state index contributed by atoms with van der Waals surface area (Å²) < 4.78 is 6.44. The van der Waals surface area contributed by atoms with Crippen molar-refractivity contribution >= 4 is 22.8 Å². The summed E-state index contributed by atoms with van der Waals surface area (Å²) in [4.78, 5) is 30.6. The van der Waals surface area contributed by atoms with E-state index < -0.39 is 5.97 Å². The molecule has 1 fully saturated rings. The molecule has 9 heteroatoms. The number of fused-ring (bicyclic) bond motifs is 1. The summed E-state index contributed by atoms with van der Waals surface area (Å²) in [6, 6.07) is 7.94. The van der Waals surface area contributed by atoms with E-state index >= 15 is 0 Å². The topological polar surface area (TPSA) is 105 Å². The van der Waals surface area contributed by atoms with Crippen LogP contribution in [-0.4, -0.2) is 69.5 Å². The van der Waals surface area contributed by atoms with Crippen LogP contribution < -0.4 is 5.32 Å². The molecule has 3 heterocycles. The van der Waals surface area contributed by atoms with Crippen molar-refractivity contribution in [3.05, 3.63) is 47.9 Å². The molecular weight excluding hydrogens is 432 g/mol. The average molecular weight is 467 g/mol. The number of nitrogens with one attached hydrogen (secondary N) is 2. The number of benzene rings is 1. The Morgan fingerprint density at radius 2 is 2.06 bits per heavy atom. The molecule has 0 saturated carbocycles. The minimum atomic E-state index is -0.510. The fourth-order valence-electron chi connectivity index (χ4n) is 4.85. The van der Waals surface area contributed by atoms with Crippen molar-refractivity contribution in [2.75, 3.05) is 26.7 Å². The molecule has 4 rings (SSSR count). The smallest absolute Gasteiger partial charge is 0.360 e. The van der Waals surface area contributed by atoms with Gasteiger partial charge in [-0.25, -0.2) is 9.48 Å². The number of nitrogens with zero attached hydrogens (tertiary/aromatic N) is 4. The van der Waals surface area contributed by atoms with Gasteiger partial charge in [-0.15, -0.1) is 5.10 Å². The molecule has 34 heavy (non-hydrogen) atoms. The van der Waals surface area contributed by atoms with Crippen molar-refractivity contribution in [3.8, 4) is 0 Å². The second-order valence-corrected chi connectivity index (χ2v) is 9.02. The number of esters is 1. The lowest BCUT2D eigenvalue weighted by molar-refractivity contribution is -0.125. The third-order valence-corrected chi connectivity index (χ3v) is 6.98. The van der Waals surface area contributed by atoms with E-state index in [0.717, 1.165) is 31.3 Å². The molecule has 2 atom stereocenters. The Hall–Kier alpha value is -3.20. The number of aromatic amines is 1. The summed E-state index contributed by atoms with van der Waals surface area (Å²) in [5.74, 6) is 0.0629. The van der Waals surface area contributed by atoms with Crippen molar-refractivity contribution < 1.29 is 14.3 Å². The van der Waals surface area contributed by atoms with Crippen LogP contribution in [0.15, 0.2) is 36.7 Å². The molecule has 0 radical (unpaired) electrons. The second-order valence-electron chi connectivity index (χ2n) is 9.02. The molecule has 0 bridgehead atoms. The van der Waals surface area contributed by atoms with Gasteiger partial charge in [0.25, 0.3) is 0 Å². The Morgan fingerprint density at radius 1 is 1.26 bits per heavy atom. The number of ether oxygens (including phenoxy) is 1. The third-order valence-electron chi connectivity index (χ3n) is 6.98. The van der Waals surface area contributed by atoms with Gasteiger partial charge in [-0.05, 0) is 30.4 Å². The van der Waals surface area contributed by atoms with E-state index in [-0.39, 0.29) is 23.7 Å². The van der Waals surface area contributed by atoms with Gasteiger partial charge in [0, 0.05) is 36.7 Å². The van der Waals surface area contributed by atoms with Crippen molar-refractivity contribution in [1.82, 2.24) is 30.2 Å². The van der Waals surface area contributed by atoms with Crippen molar-refractivity contribution in [3.63, 3.8) is 0 Å². The number of rotatable bonds is 10. The van der Waals surface area contributed by atoms with Crippen molar-refractivity contribution in [2.45, 2.75) is 51.6 Å². The highest BCUT2D eigenvalue weighted by atomic mass is 16.5. The van der Waals surface area contributed by atoms with Crippen molar-refractivity contribution in [2.24, 2.45) is 5.92 Å². The molecule has 2 aromatic heterocycles. The lowest BCUT2D eigenvalue weighted by Gasteiger charge is -2.27. The molecule has 0 aliphatic carbocycles. The SMILES string of the molecule is CCC(CC)CN1C[C@H](n2cc(C(=O)OC)nn2)C[C@H]1C(=O)NCCc1c[nH]c2ccccc12. The monoisotopic (exact) mass is 466 g/mol. The predicted octanol–water partition coefficient (Wildman–Crippen LogP) is 2.96. The fourth-order valence-corrected chi connectivity index (χ4v) is 4.85. The number of carbonyl (C=O) groups is 2. The number of likely N-dealkylation sites (tertiary alicyclic amines) is 1. The molecule has 0 unspecified atom stereocenters. The largest absolute Gasteiger partial charge is 0.464 e. The second kappa shape index (κ2) is 10.8. The van der Waals surface area contributed by atoms with Crippen LogP contribution in [0.25, 0.3) is 10.9 Å². The summed E-state index contributed by atoms with van der Waals surface area (Å²) in [5, 5.41) is 12.4. The maximum absolute atomic E-state index is 13.3. The van der Waals surface area contributed by atoms with E-state index in [1.807, 2.05) is 18.3 Å². The highest BCUT2D eigenvalue weighted by molar-refractivity contribution is 5.86. The van der Waals surface area contributed by atoms with E-state index in [9.17, 15) is 9.59 Å². The van der Waals surface area contributed by atoms with Gasteiger partial charge in [0.15, 0.2) is 5.69 Å². The predicted molar refractivity (Wildman–Crippen MR) is 129 cm³/mol. The number of hydrogen-bond acceptors (Lipinski definition) is 6. The maximum atomic E-state index is 13.3. The standard InChI is InChI=1S/C25H34N6O3/c1-4-17(5-2)14-30-15-19(31-16-22(28-29-31)25(33)34-3)12-23(30)24(32)26-11-10-18-13-27-21-9-7-6-8-20(18)21/h6-9,13,16-17,19,23,27H,4-5,10-12,14-15H2,1-3H3,(H,26,32)/t19-,23+/m1/s1. The number of amides is 1. The summed E-state index contributed by atoms with van der Waals surface area (Å²) in [7, 11) is 1.32. The molecule has 2 N–H and O–H groups in total. The van der Waals surface area contributed by atoms with Gasteiger partial charge in [-0.2, -0.15) is 0 Å². The van der Waals surface area contributed by atoms with Gasteiger partial charge in [0.05, 0.1) is 25.4 Å². The number of carbonyl (C=O) groups excluding carboxylic acids is 2. The summed E-state index contributed by atoms with van der Waals surface area (Å²) in [6.07, 6.45) is 7.17. The molecule has 9 nitrogen and oxygen atoms in total. The molecule has 1 aliphatic heterocycles. The Morgan fingerprint density at radius 3 is 2.82 bits per heavy atom. The molecular formula is C25H34N6O3. The lowest BCUT2D eigenvalue weighted by atomic mass is 10.0. The molecule has 3 aromatic rings. The first-order chi connectivity index (χ1) is 16.5. The van der Waals surface area contributed by atoms with E-state index in [2.05, 4.69) is 51.5 Å².